The maximum atomic E-state index is 12.8. The summed E-state index contributed by atoms with van der Waals surface area (Å²) in [5.74, 6) is -0.239. The molecule has 4 N–H and O–H groups in total. The Morgan fingerprint density at radius 2 is 1.65 bits per heavy atom. The second-order valence-corrected chi connectivity index (χ2v) is 7.57. The van der Waals surface area contributed by atoms with Crippen molar-refractivity contribution in [3.63, 3.8) is 0 Å². The number of aromatic amines is 1. The van der Waals surface area contributed by atoms with Crippen LogP contribution in [0.2, 0.25) is 0 Å². The second kappa shape index (κ2) is 9.70. The molecule has 7 nitrogen and oxygen atoms in total. The fraction of sp³-hybridized carbons (Fsp3) is 0. The number of hydrogen-bond acceptors (Lipinski definition) is 5. The number of pyridine rings is 1. The monoisotopic (exact) mass is 446 g/mol. The molecule has 3 aromatic carbocycles. The first kappa shape index (κ1) is 21.0. The molecule has 0 spiro atoms. The quantitative estimate of drug-likeness (QED) is 0.243. The lowest BCUT2D eigenvalue weighted by molar-refractivity contribution is 0.0963. The molecule has 0 saturated heterocycles. The summed E-state index contributed by atoms with van der Waals surface area (Å²) in [5.41, 5.74) is 11.1. The second-order valence-electron chi connectivity index (χ2n) is 7.57. The lowest BCUT2D eigenvalue weighted by Gasteiger charge is -2.13. The molecule has 0 radical (unpaired) electrons. The first-order valence-electron chi connectivity index (χ1n) is 10.8. The number of benzene rings is 3. The lowest BCUT2D eigenvalue weighted by Crippen LogP contribution is -2.29. The molecule has 5 rings (SSSR count). The molecule has 0 aliphatic carbocycles. The van der Waals surface area contributed by atoms with Crippen LogP contribution in [0, 0.1) is 0 Å². The number of hydrogen-bond donors (Lipinski definition) is 4. The van der Waals surface area contributed by atoms with Gasteiger partial charge in [-0.15, -0.1) is 0 Å². The van der Waals surface area contributed by atoms with Gasteiger partial charge in [0.15, 0.2) is 0 Å². The molecule has 0 aliphatic rings. The molecular formula is C27H22N6O. The summed E-state index contributed by atoms with van der Waals surface area (Å²) in [7, 11) is 0. The third kappa shape index (κ3) is 4.78. The summed E-state index contributed by atoms with van der Waals surface area (Å²) in [6.07, 6.45) is 5.63. The van der Waals surface area contributed by atoms with Crippen molar-refractivity contribution in [3.8, 4) is 0 Å². The molecule has 1 amide bonds. The zero-order chi connectivity index (χ0) is 23.2. The summed E-state index contributed by atoms with van der Waals surface area (Å²) >= 11 is 0. The van der Waals surface area contributed by atoms with Gasteiger partial charge in [-0.2, -0.15) is 5.10 Å². The normalized spacial score (nSPS) is 10.9. The molecule has 0 atom stereocenters. The van der Waals surface area contributed by atoms with Crippen molar-refractivity contribution >= 4 is 46.0 Å². The highest BCUT2D eigenvalue weighted by atomic mass is 16.2. The molecule has 0 bridgehead atoms. The molecule has 2 aromatic heterocycles. The van der Waals surface area contributed by atoms with Crippen LogP contribution in [0.5, 0.6) is 0 Å². The number of aromatic nitrogens is 3. The van der Waals surface area contributed by atoms with E-state index in [-0.39, 0.29) is 5.91 Å². The van der Waals surface area contributed by atoms with E-state index in [1.54, 1.807) is 12.3 Å². The summed E-state index contributed by atoms with van der Waals surface area (Å²) < 4.78 is 0. The van der Waals surface area contributed by atoms with E-state index in [1.807, 2.05) is 97.1 Å². The predicted molar refractivity (Wildman–Crippen MR) is 137 cm³/mol. The van der Waals surface area contributed by atoms with Gasteiger partial charge in [-0.1, -0.05) is 36.4 Å². The minimum Gasteiger partial charge on any atom is -0.355 e. The molecule has 0 unspecified atom stereocenters. The van der Waals surface area contributed by atoms with Crippen molar-refractivity contribution < 1.29 is 4.79 Å². The minimum absolute atomic E-state index is 0.239. The van der Waals surface area contributed by atoms with Crippen LogP contribution in [-0.2, 0) is 0 Å². The number of para-hydroxylation sites is 2. The maximum absolute atomic E-state index is 12.8. The standard InChI is InChI=1S/C27H22N6O/c34-27(33-30-20-9-2-1-3-10-20)23-11-4-5-12-24(23)29-21-13-15-22-25(31-32-26(22)18-21)16-14-19-8-6-7-17-28-19/h1-18,29-30H,(H,31,32)(H,33,34)/b16-14+. The number of hydrazine groups is 1. The molecule has 166 valence electrons. The van der Waals surface area contributed by atoms with Gasteiger partial charge in [0.1, 0.15) is 0 Å². The van der Waals surface area contributed by atoms with Gasteiger partial charge in [-0.05, 0) is 66.7 Å². The average Bonchev–Trinajstić information content (AvgIpc) is 3.30. The van der Waals surface area contributed by atoms with Crippen molar-refractivity contribution in [3.05, 3.63) is 114 Å². The Morgan fingerprint density at radius 3 is 2.50 bits per heavy atom. The minimum atomic E-state index is -0.239. The molecule has 7 heteroatoms. The number of rotatable bonds is 7. The first-order chi connectivity index (χ1) is 16.8. The molecule has 0 saturated carbocycles. The first-order valence-corrected chi connectivity index (χ1v) is 10.8. The highest BCUT2D eigenvalue weighted by Crippen LogP contribution is 2.26. The van der Waals surface area contributed by atoms with Gasteiger partial charge < -0.3 is 5.32 Å². The summed E-state index contributed by atoms with van der Waals surface area (Å²) in [4.78, 5) is 17.1. The van der Waals surface area contributed by atoms with Gasteiger partial charge in [0.25, 0.3) is 5.91 Å². The van der Waals surface area contributed by atoms with Crippen molar-refractivity contribution in [1.82, 2.24) is 20.6 Å². The van der Waals surface area contributed by atoms with Crippen LogP contribution in [0.15, 0.2) is 97.2 Å². The number of carbonyl (C=O) groups is 1. The Morgan fingerprint density at radius 1 is 0.824 bits per heavy atom. The van der Waals surface area contributed by atoms with Gasteiger partial charge in [-0.3, -0.25) is 25.7 Å². The molecule has 2 heterocycles. The number of anilines is 3. The van der Waals surface area contributed by atoms with E-state index < -0.39 is 0 Å². The largest absolute Gasteiger partial charge is 0.355 e. The van der Waals surface area contributed by atoms with Gasteiger partial charge in [0, 0.05) is 17.3 Å². The lowest BCUT2D eigenvalue weighted by atomic mass is 10.1. The average molecular weight is 447 g/mol. The zero-order valence-electron chi connectivity index (χ0n) is 18.2. The van der Waals surface area contributed by atoms with Crippen molar-refractivity contribution in [2.45, 2.75) is 0 Å². The highest BCUT2D eigenvalue weighted by Gasteiger charge is 2.12. The van der Waals surface area contributed by atoms with Crippen LogP contribution in [0.4, 0.5) is 17.1 Å². The van der Waals surface area contributed by atoms with E-state index in [0.29, 0.717) is 11.3 Å². The Labute approximate surface area is 196 Å². The van der Waals surface area contributed by atoms with E-state index in [4.69, 9.17) is 0 Å². The van der Waals surface area contributed by atoms with E-state index in [2.05, 4.69) is 31.3 Å². The van der Waals surface area contributed by atoms with Crippen molar-refractivity contribution in [2.75, 3.05) is 10.7 Å². The number of nitrogens with zero attached hydrogens (tertiary/aromatic N) is 2. The van der Waals surface area contributed by atoms with Gasteiger partial charge in [0.2, 0.25) is 0 Å². The highest BCUT2D eigenvalue weighted by molar-refractivity contribution is 6.01. The Bertz CT molecular complexity index is 1440. The molecular weight excluding hydrogens is 424 g/mol. The van der Waals surface area contributed by atoms with Crippen LogP contribution >= 0.6 is 0 Å². The third-order valence-corrected chi connectivity index (χ3v) is 5.24. The van der Waals surface area contributed by atoms with Crippen molar-refractivity contribution in [1.29, 1.82) is 0 Å². The summed E-state index contributed by atoms with van der Waals surface area (Å²) in [5, 5.41) is 11.8. The summed E-state index contributed by atoms with van der Waals surface area (Å²) in [6.45, 7) is 0. The SMILES string of the molecule is O=C(NNc1ccccc1)c1ccccc1Nc1ccc2c(/C=C/c3ccccn3)n[nH]c2c1. The molecule has 0 fully saturated rings. The third-order valence-electron chi connectivity index (χ3n) is 5.24. The van der Waals surface area contributed by atoms with Crippen LogP contribution in [-0.4, -0.2) is 21.1 Å². The zero-order valence-corrected chi connectivity index (χ0v) is 18.2. The van der Waals surface area contributed by atoms with Crippen LogP contribution < -0.4 is 16.2 Å². The number of fused-ring (bicyclic) bond motifs is 1. The predicted octanol–water partition coefficient (Wildman–Crippen LogP) is 5.63. The topological polar surface area (TPSA) is 94.7 Å². The number of amides is 1. The Hall–Kier alpha value is -4.91. The Kier molecular flexibility index (Phi) is 5.98. The smallest absolute Gasteiger partial charge is 0.271 e. The van der Waals surface area contributed by atoms with Crippen LogP contribution in [0.1, 0.15) is 21.7 Å². The number of H-pyrrole nitrogens is 1. The molecule has 0 aliphatic heterocycles. The maximum Gasteiger partial charge on any atom is 0.271 e. The van der Waals surface area contributed by atoms with Gasteiger partial charge in [-0.25, -0.2) is 0 Å². The van der Waals surface area contributed by atoms with Crippen LogP contribution in [0.3, 0.4) is 0 Å². The number of carbonyl (C=O) groups excluding carboxylic acids is 1. The molecule has 34 heavy (non-hydrogen) atoms. The Balaban J connectivity index is 1.32. The summed E-state index contributed by atoms with van der Waals surface area (Å²) in [6, 6.07) is 28.6. The fourth-order valence-corrected chi connectivity index (χ4v) is 3.55. The van der Waals surface area contributed by atoms with E-state index in [9.17, 15) is 4.79 Å². The van der Waals surface area contributed by atoms with Gasteiger partial charge in [0.05, 0.1) is 33.8 Å². The van der Waals surface area contributed by atoms with E-state index in [0.717, 1.165) is 33.7 Å². The van der Waals surface area contributed by atoms with Crippen LogP contribution in [0.25, 0.3) is 23.1 Å². The van der Waals surface area contributed by atoms with Gasteiger partial charge >= 0.3 is 0 Å². The molecule has 5 aromatic rings. The number of nitrogens with one attached hydrogen (secondary N) is 4. The van der Waals surface area contributed by atoms with E-state index in [1.165, 1.54) is 0 Å². The fourth-order valence-electron chi connectivity index (χ4n) is 3.55. The van der Waals surface area contributed by atoms with E-state index >= 15 is 0 Å². The van der Waals surface area contributed by atoms with Crippen molar-refractivity contribution in [2.24, 2.45) is 0 Å².